The number of aryl methyl sites for hydroxylation is 2. The summed E-state index contributed by atoms with van der Waals surface area (Å²) in [7, 11) is 0. The van der Waals surface area contributed by atoms with E-state index in [0.29, 0.717) is 27.1 Å². The maximum Gasteiger partial charge on any atom is 0.263 e. The zero-order valence-corrected chi connectivity index (χ0v) is 20.2. The van der Waals surface area contributed by atoms with Crippen molar-refractivity contribution in [2.75, 3.05) is 4.90 Å². The summed E-state index contributed by atoms with van der Waals surface area (Å²) in [5, 5.41) is 0.946. The number of benzene rings is 3. The second kappa shape index (κ2) is 9.02. The number of furan rings is 1. The number of hydrogen-bond donors (Lipinski definition) is 0. The zero-order chi connectivity index (χ0) is 23.8. The summed E-state index contributed by atoms with van der Waals surface area (Å²) in [4.78, 5) is 15.4. The van der Waals surface area contributed by atoms with Crippen LogP contribution in [0.3, 0.4) is 0 Å². The smallest absolute Gasteiger partial charge is 0.263 e. The van der Waals surface area contributed by atoms with E-state index in [0.717, 1.165) is 33.6 Å². The summed E-state index contributed by atoms with van der Waals surface area (Å²) in [5.74, 6) is 1.13. The van der Waals surface area contributed by atoms with Gasteiger partial charge in [-0.15, -0.1) is 0 Å². The molecule has 1 aliphatic rings. The van der Waals surface area contributed by atoms with Gasteiger partial charge in [-0.25, -0.2) is 0 Å². The van der Waals surface area contributed by atoms with Crippen molar-refractivity contribution in [3.05, 3.63) is 123 Å². The molecule has 0 unspecified atom stereocenters. The molecule has 5 heteroatoms. The molecule has 0 saturated carbocycles. The van der Waals surface area contributed by atoms with Gasteiger partial charge in [0.2, 0.25) is 0 Å². The minimum Gasteiger partial charge on any atom is -0.457 e. The van der Waals surface area contributed by atoms with Crippen LogP contribution in [-0.4, -0.2) is 5.91 Å². The van der Waals surface area contributed by atoms with Crippen molar-refractivity contribution in [3.8, 4) is 11.3 Å². The van der Waals surface area contributed by atoms with Gasteiger partial charge < -0.3 is 4.42 Å². The van der Waals surface area contributed by atoms with E-state index in [4.69, 9.17) is 27.6 Å². The first-order chi connectivity index (χ1) is 16.4. The number of carbonyl (C=O) groups excluding carboxylic acids is 1. The molecule has 168 valence electrons. The Kier molecular flexibility index (Phi) is 5.91. The van der Waals surface area contributed by atoms with Crippen LogP contribution in [0.1, 0.15) is 22.5 Å². The molecular formula is C29H21Cl2NO2. The largest absolute Gasteiger partial charge is 0.457 e. The van der Waals surface area contributed by atoms with E-state index >= 15 is 0 Å². The summed E-state index contributed by atoms with van der Waals surface area (Å²) in [6.45, 7) is 4.07. The van der Waals surface area contributed by atoms with Gasteiger partial charge in [0.15, 0.2) is 0 Å². The topological polar surface area (TPSA) is 33.5 Å². The second-order valence-corrected chi connectivity index (χ2v) is 9.07. The van der Waals surface area contributed by atoms with Crippen LogP contribution in [0.5, 0.6) is 0 Å². The Hall–Kier alpha value is -3.53. The first-order valence-electron chi connectivity index (χ1n) is 10.9. The van der Waals surface area contributed by atoms with E-state index in [1.807, 2.05) is 80.6 Å². The average molecular weight is 486 g/mol. The minimum absolute atomic E-state index is 0.0988. The van der Waals surface area contributed by atoms with Gasteiger partial charge in [0.25, 0.3) is 5.91 Å². The van der Waals surface area contributed by atoms with Crippen molar-refractivity contribution in [2.45, 2.75) is 13.8 Å². The van der Waals surface area contributed by atoms with E-state index in [1.54, 1.807) is 23.1 Å². The predicted molar refractivity (Wildman–Crippen MR) is 140 cm³/mol. The van der Waals surface area contributed by atoms with Crippen molar-refractivity contribution in [1.29, 1.82) is 0 Å². The molecule has 0 atom stereocenters. The summed E-state index contributed by atoms with van der Waals surface area (Å²) >= 11 is 12.2. The molecule has 2 heterocycles. The fourth-order valence-electron chi connectivity index (χ4n) is 4.12. The number of carbonyl (C=O) groups is 1. The second-order valence-electron chi connectivity index (χ2n) is 8.26. The maximum atomic E-state index is 13.6. The summed E-state index contributed by atoms with van der Waals surface area (Å²) in [6, 6.07) is 25.1. The number of nitrogens with zero attached hydrogens (tertiary/aromatic N) is 1. The average Bonchev–Trinajstić information content (AvgIpc) is 3.42. The van der Waals surface area contributed by atoms with Gasteiger partial charge in [0.05, 0.1) is 21.4 Å². The number of halogens is 2. The molecule has 4 aromatic rings. The molecule has 0 saturated heterocycles. The van der Waals surface area contributed by atoms with Crippen LogP contribution in [0.2, 0.25) is 10.0 Å². The third kappa shape index (κ3) is 4.21. The third-order valence-corrected chi connectivity index (χ3v) is 6.51. The molecule has 0 radical (unpaired) electrons. The highest BCUT2D eigenvalue weighted by Gasteiger charge is 2.31. The number of anilines is 1. The quantitative estimate of drug-likeness (QED) is 0.272. The predicted octanol–water partition coefficient (Wildman–Crippen LogP) is 8.34. The van der Waals surface area contributed by atoms with Gasteiger partial charge >= 0.3 is 0 Å². The van der Waals surface area contributed by atoms with Gasteiger partial charge in [0, 0.05) is 11.1 Å². The Labute approximate surface area is 208 Å². The van der Waals surface area contributed by atoms with Crippen LogP contribution in [0.25, 0.3) is 23.1 Å². The van der Waals surface area contributed by atoms with E-state index in [-0.39, 0.29) is 5.91 Å². The van der Waals surface area contributed by atoms with Gasteiger partial charge in [-0.1, -0.05) is 71.2 Å². The molecule has 1 aliphatic heterocycles. The highest BCUT2D eigenvalue weighted by Crippen LogP contribution is 2.37. The molecule has 0 aliphatic carbocycles. The monoisotopic (exact) mass is 485 g/mol. The normalized spacial score (nSPS) is 14.7. The molecule has 1 amide bonds. The summed E-state index contributed by atoms with van der Waals surface area (Å²) in [5.41, 5.74) is 6.22. The first-order valence-corrected chi connectivity index (χ1v) is 11.6. The Morgan fingerprint density at radius 1 is 0.824 bits per heavy atom. The van der Waals surface area contributed by atoms with Gasteiger partial charge in [-0.05, 0) is 73.5 Å². The Balaban J connectivity index is 1.55. The molecule has 0 fully saturated rings. The van der Waals surface area contributed by atoms with Crippen LogP contribution in [-0.2, 0) is 4.79 Å². The lowest BCUT2D eigenvalue weighted by Gasteiger charge is -2.23. The molecular weight excluding hydrogens is 465 g/mol. The summed E-state index contributed by atoms with van der Waals surface area (Å²) < 4.78 is 6.02. The maximum absolute atomic E-state index is 13.6. The van der Waals surface area contributed by atoms with E-state index in [2.05, 4.69) is 6.07 Å². The zero-order valence-electron chi connectivity index (χ0n) is 18.7. The molecule has 5 rings (SSSR count). The van der Waals surface area contributed by atoms with Crippen molar-refractivity contribution in [1.82, 2.24) is 0 Å². The number of rotatable bonds is 4. The summed E-state index contributed by atoms with van der Waals surface area (Å²) in [6.07, 6.45) is 3.69. The van der Waals surface area contributed by atoms with Crippen molar-refractivity contribution in [3.63, 3.8) is 0 Å². The van der Waals surface area contributed by atoms with Gasteiger partial charge in [-0.3, -0.25) is 9.69 Å². The lowest BCUT2D eigenvalue weighted by molar-refractivity contribution is -0.113. The first kappa shape index (κ1) is 22.3. The van der Waals surface area contributed by atoms with Crippen molar-refractivity contribution in [2.24, 2.45) is 0 Å². The molecule has 1 aromatic heterocycles. The molecule has 34 heavy (non-hydrogen) atoms. The van der Waals surface area contributed by atoms with Crippen LogP contribution < -0.4 is 4.90 Å². The van der Waals surface area contributed by atoms with Crippen LogP contribution >= 0.6 is 23.2 Å². The lowest BCUT2D eigenvalue weighted by atomic mass is 10.1. The fraction of sp³-hybridized carbons (Fsp3) is 0.0690. The van der Waals surface area contributed by atoms with Crippen LogP contribution in [0.15, 0.2) is 94.9 Å². The Morgan fingerprint density at radius 2 is 1.62 bits per heavy atom. The van der Waals surface area contributed by atoms with E-state index in [1.165, 1.54) is 0 Å². The van der Waals surface area contributed by atoms with E-state index in [9.17, 15) is 4.79 Å². The van der Waals surface area contributed by atoms with Crippen LogP contribution in [0, 0.1) is 13.8 Å². The Bertz CT molecular complexity index is 1460. The molecule has 0 spiro atoms. The minimum atomic E-state index is -0.0988. The molecule has 0 bridgehead atoms. The Morgan fingerprint density at radius 3 is 2.35 bits per heavy atom. The third-order valence-electron chi connectivity index (χ3n) is 5.77. The highest BCUT2D eigenvalue weighted by atomic mass is 35.5. The fourth-order valence-corrected chi connectivity index (χ4v) is 4.42. The van der Waals surface area contributed by atoms with Gasteiger partial charge in [0.1, 0.15) is 11.5 Å². The highest BCUT2D eigenvalue weighted by molar-refractivity contribution is 6.42. The standard InChI is InChI=1S/C29H21Cl2NO2/c1-18-8-12-26(19(2)14-18)32-27(20-6-4-3-5-7-20)17-22(29(32)33)15-23-10-13-28(34-23)21-9-11-24(30)25(31)16-21/h3-17H,1-2H3/b22-15+. The molecule has 3 nitrogen and oxygen atoms in total. The molecule has 3 aromatic carbocycles. The SMILES string of the molecule is Cc1ccc(N2C(=O)/C(=C/c3ccc(-c4ccc(Cl)c(Cl)c4)o3)C=C2c2ccccc2)c(C)c1. The lowest BCUT2D eigenvalue weighted by Crippen LogP contribution is -2.25. The van der Waals surface area contributed by atoms with Crippen molar-refractivity contribution >= 4 is 46.6 Å². The molecule has 0 N–H and O–H groups in total. The van der Waals surface area contributed by atoms with Crippen molar-refractivity contribution < 1.29 is 9.21 Å². The van der Waals surface area contributed by atoms with Crippen LogP contribution in [0.4, 0.5) is 5.69 Å². The van der Waals surface area contributed by atoms with E-state index < -0.39 is 0 Å². The number of hydrogen-bond acceptors (Lipinski definition) is 2. The van der Waals surface area contributed by atoms with Gasteiger partial charge in [-0.2, -0.15) is 0 Å². The number of amides is 1.